The molecule has 6 nitrogen and oxygen atoms in total. The predicted molar refractivity (Wildman–Crippen MR) is 121 cm³/mol. The molecule has 0 bridgehead atoms. The van der Waals surface area contributed by atoms with Crippen LogP contribution in [0.5, 0.6) is 0 Å². The predicted octanol–water partition coefficient (Wildman–Crippen LogP) is 2.42. The molecule has 1 aromatic rings. The second-order valence-electron chi connectivity index (χ2n) is 8.69. The minimum atomic E-state index is -0.248. The highest BCUT2D eigenvalue weighted by molar-refractivity contribution is 6.20. The Morgan fingerprint density at radius 3 is 2.90 bits per heavy atom. The number of allylic oxidation sites excluding steroid dienone is 2. The van der Waals surface area contributed by atoms with E-state index >= 15 is 0 Å². The molecule has 0 atom stereocenters. The second-order valence-corrected chi connectivity index (χ2v) is 8.69. The van der Waals surface area contributed by atoms with Crippen molar-refractivity contribution in [1.29, 1.82) is 0 Å². The summed E-state index contributed by atoms with van der Waals surface area (Å²) in [6, 6.07) is 3.16. The summed E-state index contributed by atoms with van der Waals surface area (Å²) in [7, 11) is 5.61. The molecule has 3 aliphatic heterocycles. The van der Waals surface area contributed by atoms with E-state index in [1.54, 1.807) is 31.1 Å². The number of halogens is 1. The van der Waals surface area contributed by atoms with E-state index in [2.05, 4.69) is 32.6 Å². The SMILES string of the molecule is CN1C=C2C(=C(C3=CCCN(CC(=O)N(C)C)C3)C1)NN=C1C=Cc3cc(F)cc2c31. The third-order valence-electron chi connectivity index (χ3n) is 6.19. The number of fused-ring (bicyclic) bond motifs is 2. The van der Waals surface area contributed by atoms with E-state index in [4.69, 9.17) is 0 Å². The first-order chi connectivity index (χ1) is 14.9. The van der Waals surface area contributed by atoms with Crippen LogP contribution in [0.1, 0.15) is 23.1 Å². The van der Waals surface area contributed by atoms with Crippen molar-refractivity contribution < 1.29 is 9.18 Å². The molecule has 7 heteroatoms. The van der Waals surface area contributed by atoms with E-state index in [1.165, 1.54) is 5.57 Å². The van der Waals surface area contributed by atoms with Gasteiger partial charge < -0.3 is 9.80 Å². The number of hydrogen-bond donors (Lipinski definition) is 1. The minimum Gasteiger partial charge on any atom is -0.375 e. The summed E-state index contributed by atoms with van der Waals surface area (Å²) in [5.41, 5.74) is 11.0. The molecule has 5 rings (SSSR count). The van der Waals surface area contributed by atoms with E-state index in [1.807, 2.05) is 19.2 Å². The highest BCUT2D eigenvalue weighted by Crippen LogP contribution is 2.39. The summed E-state index contributed by atoms with van der Waals surface area (Å²) in [5, 5.41) is 4.65. The zero-order valence-electron chi connectivity index (χ0n) is 18.1. The number of carbonyl (C=O) groups is 1. The van der Waals surface area contributed by atoms with Crippen molar-refractivity contribution in [3.63, 3.8) is 0 Å². The number of rotatable bonds is 3. The Morgan fingerprint density at radius 1 is 1.26 bits per heavy atom. The van der Waals surface area contributed by atoms with Gasteiger partial charge in [0.1, 0.15) is 5.82 Å². The van der Waals surface area contributed by atoms with Gasteiger partial charge in [-0.25, -0.2) is 4.39 Å². The number of nitrogens with zero attached hydrogens (tertiary/aromatic N) is 4. The van der Waals surface area contributed by atoms with Gasteiger partial charge >= 0.3 is 0 Å². The summed E-state index contributed by atoms with van der Waals surface area (Å²) in [6.07, 6.45) is 9.05. The first-order valence-corrected chi connectivity index (χ1v) is 10.5. The Labute approximate surface area is 181 Å². The number of benzene rings is 1. The maximum absolute atomic E-state index is 14.4. The van der Waals surface area contributed by atoms with Gasteiger partial charge in [-0.1, -0.05) is 12.2 Å². The van der Waals surface area contributed by atoms with Gasteiger partial charge in [0.15, 0.2) is 0 Å². The maximum Gasteiger partial charge on any atom is 0.236 e. The smallest absolute Gasteiger partial charge is 0.236 e. The lowest BCUT2D eigenvalue weighted by molar-refractivity contribution is -0.129. The standard InChI is InChI=1S/C24H26FN5O/c1-28(2)22(31)14-30-8-4-5-16(11-30)19-12-29(3)13-20-18-10-17(25)9-15-6-7-21(23(15)18)26-27-24(19)20/h5-7,9-10,13,27H,4,8,11-12,14H2,1-3H3. The number of likely N-dealkylation sites (N-methyl/N-ethyl adjacent to an activating group) is 2. The normalized spacial score (nSPS) is 19.7. The van der Waals surface area contributed by atoms with E-state index in [-0.39, 0.29) is 11.7 Å². The molecule has 4 aliphatic rings. The third-order valence-corrected chi connectivity index (χ3v) is 6.19. The molecule has 3 heterocycles. The Morgan fingerprint density at radius 2 is 2.10 bits per heavy atom. The van der Waals surface area contributed by atoms with Crippen molar-refractivity contribution in [2.24, 2.45) is 5.10 Å². The molecular weight excluding hydrogens is 393 g/mol. The van der Waals surface area contributed by atoms with Gasteiger partial charge in [0.05, 0.1) is 18.0 Å². The van der Waals surface area contributed by atoms with Crippen LogP contribution in [0.4, 0.5) is 4.39 Å². The van der Waals surface area contributed by atoms with Crippen LogP contribution in [0.2, 0.25) is 0 Å². The van der Waals surface area contributed by atoms with Crippen molar-refractivity contribution in [2.75, 3.05) is 47.3 Å². The molecule has 0 spiro atoms. The van der Waals surface area contributed by atoms with Crippen molar-refractivity contribution in [3.8, 4) is 0 Å². The van der Waals surface area contributed by atoms with Crippen LogP contribution in [0.15, 0.2) is 52.4 Å². The summed E-state index contributed by atoms with van der Waals surface area (Å²) >= 11 is 0. The van der Waals surface area contributed by atoms with Gasteiger partial charge in [-0.05, 0) is 41.3 Å². The number of nitrogens with one attached hydrogen (secondary N) is 1. The molecule has 1 aliphatic carbocycles. The average molecular weight is 420 g/mol. The zero-order chi connectivity index (χ0) is 21.7. The van der Waals surface area contributed by atoms with E-state index < -0.39 is 0 Å². The number of carbonyl (C=O) groups excluding carboxylic acids is 1. The molecule has 160 valence electrons. The topological polar surface area (TPSA) is 51.2 Å². The van der Waals surface area contributed by atoms with Crippen LogP contribution in [-0.2, 0) is 4.79 Å². The van der Waals surface area contributed by atoms with Gasteiger partial charge in [-0.3, -0.25) is 15.1 Å². The highest BCUT2D eigenvalue weighted by Gasteiger charge is 2.31. The molecule has 1 aromatic carbocycles. The fourth-order valence-electron chi connectivity index (χ4n) is 4.63. The second kappa shape index (κ2) is 7.50. The fourth-order valence-corrected chi connectivity index (χ4v) is 4.63. The van der Waals surface area contributed by atoms with E-state index in [0.29, 0.717) is 13.1 Å². The first kappa shape index (κ1) is 19.8. The van der Waals surface area contributed by atoms with Crippen molar-refractivity contribution >= 4 is 23.3 Å². The minimum absolute atomic E-state index is 0.105. The molecule has 0 fully saturated rings. The van der Waals surface area contributed by atoms with Gasteiger partial charge in [-0.15, -0.1) is 0 Å². The Hall–Kier alpha value is -3.19. The van der Waals surface area contributed by atoms with Crippen LogP contribution in [0.25, 0.3) is 11.6 Å². The molecule has 31 heavy (non-hydrogen) atoms. The molecule has 1 amide bonds. The Kier molecular flexibility index (Phi) is 4.78. The highest BCUT2D eigenvalue weighted by atomic mass is 19.1. The molecule has 0 radical (unpaired) electrons. The largest absolute Gasteiger partial charge is 0.375 e. The van der Waals surface area contributed by atoms with Gasteiger partial charge in [-0.2, -0.15) is 5.10 Å². The van der Waals surface area contributed by atoms with Crippen LogP contribution >= 0.6 is 0 Å². The van der Waals surface area contributed by atoms with Crippen LogP contribution in [-0.4, -0.2) is 73.6 Å². The quantitative estimate of drug-likeness (QED) is 0.818. The summed E-state index contributed by atoms with van der Waals surface area (Å²) < 4.78 is 14.4. The van der Waals surface area contributed by atoms with Crippen LogP contribution < -0.4 is 5.43 Å². The van der Waals surface area contributed by atoms with Gasteiger partial charge in [0.2, 0.25) is 5.91 Å². The van der Waals surface area contributed by atoms with E-state index in [9.17, 15) is 9.18 Å². The zero-order valence-corrected chi connectivity index (χ0v) is 18.1. The Balaban J connectivity index is 1.55. The fraction of sp³-hybridized carbons (Fsp3) is 0.333. The van der Waals surface area contributed by atoms with Crippen LogP contribution in [0.3, 0.4) is 0 Å². The van der Waals surface area contributed by atoms with Crippen molar-refractivity contribution in [2.45, 2.75) is 6.42 Å². The molecule has 0 unspecified atom stereocenters. The summed E-state index contributed by atoms with van der Waals surface area (Å²) in [5.74, 6) is -0.144. The summed E-state index contributed by atoms with van der Waals surface area (Å²) in [4.78, 5) is 18.2. The molecule has 1 N–H and O–H groups in total. The summed E-state index contributed by atoms with van der Waals surface area (Å²) in [6.45, 7) is 2.70. The van der Waals surface area contributed by atoms with Crippen LogP contribution in [0, 0.1) is 5.82 Å². The molecule has 0 saturated carbocycles. The number of amides is 1. The van der Waals surface area contributed by atoms with Crippen molar-refractivity contribution in [3.05, 3.63) is 69.8 Å². The third kappa shape index (κ3) is 3.49. The lowest BCUT2D eigenvalue weighted by Crippen LogP contribution is -2.40. The molecule has 0 aromatic heterocycles. The monoisotopic (exact) mass is 419 g/mol. The van der Waals surface area contributed by atoms with Crippen molar-refractivity contribution in [1.82, 2.24) is 20.1 Å². The average Bonchev–Trinajstić information content (AvgIpc) is 3.07. The maximum atomic E-state index is 14.4. The Bertz CT molecular complexity index is 1130. The van der Waals surface area contributed by atoms with Gasteiger partial charge in [0.25, 0.3) is 0 Å². The lowest BCUT2D eigenvalue weighted by atomic mass is 9.88. The van der Waals surface area contributed by atoms with E-state index in [0.717, 1.165) is 58.8 Å². The number of hydrazone groups is 1. The first-order valence-electron chi connectivity index (χ1n) is 10.5. The molecule has 0 saturated heterocycles. The molecular formula is C24H26FN5O. The van der Waals surface area contributed by atoms with Gasteiger partial charge in [0, 0.05) is 63.7 Å². The lowest BCUT2D eigenvalue weighted by Gasteiger charge is -2.33. The number of hydrogen-bond acceptors (Lipinski definition) is 5.